The molecule has 0 saturated carbocycles. The molecule has 0 aliphatic carbocycles. The van der Waals surface area contributed by atoms with Crippen molar-refractivity contribution in [3.63, 3.8) is 0 Å². The Labute approximate surface area is 429 Å². The molecule has 404 valence electrons. The van der Waals surface area contributed by atoms with Crippen molar-refractivity contribution < 1.29 is 58.2 Å². The summed E-state index contributed by atoms with van der Waals surface area (Å²) in [6, 6.07) is 0. The van der Waals surface area contributed by atoms with Crippen molar-refractivity contribution in [2.45, 2.75) is 250 Å². The fourth-order valence-electron chi connectivity index (χ4n) is 7.73. The third-order valence-electron chi connectivity index (χ3n) is 11.9. The molecule has 0 aromatic rings. The van der Waals surface area contributed by atoms with Crippen molar-refractivity contribution in [3.8, 4) is 0 Å². The third kappa shape index (κ3) is 37.3. The number of aliphatic hydroxyl groups is 2. The third-order valence-corrected chi connectivity index (χ3v) is 11.9. The predicted octanol–water partition coefficient (Wildman–Crippen LogP) is 13.6. The number of carboxylic acids is 1. The average molecular weight is 997 g/mol. The number of rotatable bonds is 45. The molecule has 0 aromatic carbocycles. The summed E-state index contributed by atoms with van der Waals surface area (Å²) in [7, 11) is 0. The van der Waals surface area contributed by atoms with Crippen LogP contribution in [0.4, 0.5) is 0 Å². The SMILES string of the molecule is CC/C=C\C/C=C\C/C=C\C/C=C\C/C=C\CCCC(=O)OC1C(OCC(COC(=O)CCCCCCC/C=C\C/C=C\CCC)OC(=O)CCCCCCCCCCCCC)OC(C(=O)O)C(O)C1O. The molecule has 1 fully saturated rings. The van der Waals surface area contributed by atoms with E-state index in [-0.39, 0.29) is 25.9 Å². The van der Waals surface area contributed by atoms with Crippen molar-refractivity contribution in [1.29, 1.82) is 0 Å². The van der Waals surface area contributed by atoms with E-state index in [0.717, 1.165) is 103 Å². The molecule has 0 aromatic heterocycles. The molecular formula is C59H96O12. The number of hydrogen-bond donors (Lipinski definition) is 3. The Hall–Kier alpha value is -4.10. The summed E-state index contributed by atoms with van der Waals surface area (Å²) >= 11 is 0. The van der Waals surface area contributed by atoms with Crippen molar-refractivity contribution in [3.05, 3.63) is 85.1 Å². The van der Waals surface area contributed by atoms with Gasteiger partial charge in [-0.05, 0) is 83.5 Å². The van der Waals surface area contributed by atoms with E-state index >= 15 is 0 Å². The van der Waals surface area contributed by atoms with Crippen molar-refractivity contribution in [2.24, 2.45) is 0 Å². The Kier molecular flexibility index (Phi) is 42.9. The zero-order valence-electron chi connectivity index (χ0n) is 44.2. The monoisotopic (exact) mass is 997 g/mol. The van der Waals surface area contributed by atoms with Gasteiger partial charge in [0, 0.05) is 19.3 Å². The molecule has 0 bridgehead atoms. The number of carboxylic acid groups (broad SMARTS) is 1. The summed E-state index contributed by atoms with van der Waals surface area (Å²) in [4.78, 5) is 50.9. The van der Waals surface area contributed by atoms with Crippen molar-refractivity contribution in [1.82, 2.24) is 0 Å². The lowest BCUT2D eigenvalue weighted by Crippen LogP contribution is -2.61. The van der Waals surface area contributed by atoms with Gasteiger partial charge in [-0.1, -0.05) is 196 Å². The quantitative estimate of drug-likeness (QED) is 0.0228. The van der Waals surface area contributed by atoms with Gasteiger partial charge in [0.05, 0.1) is 6.61 Å². The molecule has 1 aliphatic heterocycles. The van der Waals surface area contributed by atoms with E-state index in [1.807, 2.05) is 12.2 Å². The largest absolute Gasteiger partial charge is 0.479 e. The molecule has 71 heavy (non-hydrogen) atoms. The standard InChI is InChI=1S/C59H96O12/c1-4-7-10-13-16-19-22-24-25-26-27-29-32-35-38-41-44-47-53(62)70-57-55(64)54(63)56(58(65)66)71-59(57)68-49-50(69-52(61)46-43-40-37-34-30-21-18-15-12-9-6-3)48-67-51(60)45-42-39-36-33-31-28-23-20-17-14-11-8-5-2/h7,10-11,14,16,19-20,23-25,27,29,35,38,50,54-57,59,63-64H,4-6,8-9,12-13,15,17-18,21-22,26,28,30-34,36-37,39-49H2,1-3H3,(H,65,66)/b10-7-,14-11-,19-16-,23-20-,25-24-,29-27-,38-35-. The van der Waals surface area contributed by atoms with Crippen LogP contribution in [0.1, 0.15) is 213 Å². The van der Waals surface area contributed by atoms with Gasteiger partial charge in [0.1, 0.15) is 18.8 Å². The first-order valence-corrected chi connectivity index (χ1v) is 27.6. The maximum atomic E-state index is 13.1. The van der Waals surface area contributed by atoms with Crippen LogP contribution in [0, 0.1) is 0 Å². The minimum atomic E-state index is -1.92. The van der Waals surface area contributed by atoms with Crippen LogP contribution in [0.3, 0.4) is 0 Å². The topological polar surface area (TPSA) is 175 Å². The van der Waals surface area contributed by atoms with E-state index in [1.54, 1.807) is 0 Å². The Bertz CT molecular complexity index is 1560. The Morgan fingerprint density at radius 2 is 0.930 bits per heavy atom. The predicted molar refractivity (Wildman–Crippen MR) is 284 cm³/mol. The van der Waals surface area contributed by atoms with Gasteiger partial charge in [0.2, 0.25) is 0 Å². The van der Waals surface area contributed by atoms with Gasteiger partial charge >= 0.3 is 23.9 Å². The maximum absolute atomic E-state index is 13.1. The van der Waals surface area contributed by atoms with E-state index in [2.05, 4.69) is 93.7 Å². The zero-order chi connectivity index (χ0) is 51.8. The van der Waals surface area contributed by atoms with Crippen molar-refractivity contribution >= 4 is 23.9 Å². The number of esters is 3. The van der Waals surface area contributed by atoms with Crippen LogP contribution >= 0.6 is 0 Å². The highest BCUT2D eigenvalue weighted by Crippen LogP contribution is 2.26. The average Bonchev–Trinajstić information content (AvgIpc) is 3.35. The fourth-order valence-corrected chi connectivity index (χ4v) is 7.73. The molecule has 0 radical (unpaired) electrons. The second-order valence-corrected chi connectivity index (χ2v) is 18.5. The molecule has 0 spiro atoms. The number of hydrogen-bond acceptors (Lipinski definition) is 11. The summed E-state index contributed by atoms with van der Waals surface area (Å²) in [6.45, 7) is 5.75. The maximum Gasteiger partial charge on any atom is 0.335 e. The summed E-state index contributed by atoms with van der Waals surface area (Å²) in [5.74, 6) is -3.22. The molecule has 1 heterocycles. The lowest BCUT2D eigenvalue weighted by Gasteiger charge is -2.40. The normalized spacial score (nSPS) is 19.1. The smallest absolute Gasteiger partial charge is 0.335 e. The highest BCUT2D eigenvalue weighted by molar-refractivity contribution is 5.74. The number of allylic oxidation sites excluding steroid dienone is 14. The highest BCUT2D eigenvalue weighted by atomic mass is 16.7. The van der Waals surface area contributed by atoms with Gasteiger partial charge in [0.15, 0.2) is 24.6 Å². The molecule has 0 amide bonds. The van der Waals surface area contributed by atoms with E-state index in [0.29, 0.717) is 25.7 Å². The molecule has 1 aliphatic rings. The fraction of sp³-hybridized carbons (Fsp3) is 0.695. The van der Waals surface area contributed by atoms with Crippen LogP contribution < -0.4 is 0 Å². The minimum absolute atomic E-state index is 0.0213. The summed E-state index contributed by atoms with van der Waals surface area (Å²) < 4.78 is 28.3. The summed E-state index contributed by atoms with van der Waals surface area (Å²) in [6.07, 6.45) is 47.1. The number of carbonyl (C=O) groups excluding carboxylic acids is 3. The van der Waals surface area contributed by atoms with Crippen LogP contribution in [-0.4, -0.2) is 89.2 Å². The molecule has 12 heteroatoms. The molecule has 3 N–H and O–H groups in total. The lowest BCUT2D eigenvalue weighted by atomic mass is 9.98. The molecule has 1 rings (SSSR count). The highest BCUT2D eigenvalue weighted by Gasteiger charge is 2.50. The van der Waals surface area contributed by atoms with Gasteiger partial charge in [-0.2, -0.15) is 0 Å². The van der Waals surface area contributed by atoms with Gasteiger partial charge in [-0.3, -0.25) is 14.4 Å². The van der Waals surface area contributed by atoms with Crippen LogP contribution in [0.15, 0.2) is 85.1 Å². The number of aliphatic hydroxyl groups excluding tert-OH is 2. The number of unbranched alkanes of at least 4 members (excludes halogenated alkanes) is 17. The van der Waals surface area contributed by atoms with Gasteiger partial charge < -0.3 is 39.0 Å². The molecule has 6 unspecified atom stereocenters. The van der Waals surface area contributed by atoms with Gasteiger partial charge in [-0.25, -0.2) is 4.79 Å². The lowest BCUT2D eigenvalue weighted by molar-refractivity contribution is -0.301. The summed E-state index contributed by atoms with van der Waals surface area (Å²) in [5, 5.41) is 31.4. The van der Waals surface area contributed by atoms with Crippen LogP contribution in [-0.2, 0) is 42.9 Å². The Morgan fingerprint density at radius 3 is 1.45 bits per heavy atom. The molecular weight excluding hydrogens is 901 g/mol. The first-order chi connectivity index (χ1) is 34.6. The summed E-state index contributed by atoms with van der Waals surface area (Å²) in [5.41, 5.74) is 0. The van der Waals surface area contributed by atoms with Gasteiger partial charge in [-0.15, -0.1) is 0 Å². The van der Waals surface area contributed by atoms with Crippen LogP contribution in [0.2, 0.25) is 0 Å². The second kappa shape index (κ2) is 46.9. The Balaban J connectivity index is 2.75. The zero-order valence-corrected chi connectivity index (χ0v) is 44.2. The number of ether oxygens (including phenoxy) is 5. The number of aliphatic carboxylic acids is 1. The van der Waals surface area contributed by atoms with Gasteiger partial charge in [0.25, 0.3) is 0 Å². The molecule has 1 saturated heterocycles. The van der Waals surface area contributed by atoms with E-state index in [1.165, 1.54) is 44.9 Å². The first-order valence-electron chi connectivity index (χ1n) is 27.6. The Morgan fingerprint density at radius 1 is 0.479 bits per heavy atom. The van der Waals surface area contributed by atoms with E-state index < -0.39 is 67.3 Å². The molecule has 6 atom stereocenters. The van der Waals surface area contributed by atoms with E-state index in [9.17, 15) is 34.5 Å². The second-order valence-electron chi connectivity index (χ2n) is 18.5. The van der Waals surface area contributed by atoms with E-state index in [4.69, 9.17) is 23.7 Å². The van der Waals surface area contributed by atoms with Crippen LogP contribution in [0.25, 0.3) is 0 Å². The van der Waals surface area contributed by atoms with Crippen molar-refractivity contribution in [2.75, 3.05) is 13.2 Å². The minimum Gasteiger partial charge on any atom is -0.479 e. The molecule has 12 nitrogen and oxygen atoms in total. The van der Waals surface area contributed by atoms with Crippen LogP contribution in [0.5, 0.6) is 0 Å². The first kappa shape index (κ1) is 64.9. The number of carbonyl (C=O) groups is 4.